The van der Waals surface area contributed by atoms with Crippen LogP contribution >= 0.6 is 0 Å². The van der Waals surface area contributed by atoms with E-state index < -0.39 is 0 Å². The number of fused-ring (bicyclic) bond motifs is 2. The maximum atomic E-state index is 6.20. The molecule has 0 fully saturated rings. The van der Waals surface area contributed by atoms with E-state index in [2.05, 4.69) is 54.4 Å². The van der Waals surface area contributed by atoms with Crippen molar-refractivity contribution in [2.45, 2.75) is 25.7 Å². The Kier molecular flexibility index (Phi) is 4.27. The van der Waals surface area contributed by atoms with Gasteiger partial charge >= 0.3 is 0 Å². The SMILES string of the molecule is COc1ccc2c(c1)OCC(c1cccc(C)c1)C2c1ccc2oc(C)nc2c1. The lowest BCUT2D eigenvalue weighted by molar-refractivity contribution is 0.247. The van der Waals surface area contributed by atoms with Crippen LogP contribution in [0, 0.1) is 13.8 Å². The minimum Gasteiger partial charge on any atom is -0.497 e. The second kappa shape index (κ2) is 6.96. The second-order valence-corrected chi connectivity index (χ2v) is 7.67. The molecule has 29 heavy (non-hydrogen) atoms. The summed E-state index contributed by atoms with van der Waals surface area (Å²) in [6, 6.07) is 21.1. The number of aryl methyl sites for hydroxylation is 2. The molecule has 0 bridgehead atoms. The number of rotatable bonds is 3. The summed E-state index contributed by atoms with van der Waals surface area (Å²) in [6.07, 6.45) is 0. The summed E-state index contributed by atoms with van der Waals surface area (Å²) in [4.78, 5) is 4.55. The Morgan fingerprint density at radius 2 is 1.86 bits per heavy atom. The molecule has 0 spiro atoms. The largest absolute Gasteiger partial charge is 0.497 e. The fourth-order valence-electron chi connectivity index (χ4n) is 4.37. The van der Waals surface area contributed by atoms with Gasteiger partial charge in [-0.2, -0.15) is 0 Å². The zero-order chi connectivity index (χ0) is 20.0. The fraction of sp³-hybridized carbons (Fsp3) is 0.240. The van der Waals surface area contributed by atoms with E-state index in [4.69, 9.17) is 13.9 Å². The highest BCUT2D eigenvalue weighted by molar-refractivity contribution is 5.74. The molecule has 0 amide bonds. The number of benzene rings is 3. The van der Waals surface area contributed by atoms with E-state index in [1.54, 1.807) is 7.11 Å². The minimum absolute atomic E-state index is 0.160. The number of hydrogen-bond donors (Lipinski definition) is 0. The van der Waals surface area contributed by atoms with Gasteiger partial charge in [0.25, 0.3) is 0 Å². The lowest BCUT2D eigenvalue weighted by Gasteiger charge is -2.34. The van der Waals surface area contributed by atoms with E-state index in [1.165, 1.54) is 22.3 Å². The van der Waals surface area contributed by atoms with Crippen molar-refractivity contribution in [2.75, 3.05) is 13.7 Å². The molecule has 4 aromatic rings. The molecule has 2 heterocycles. The molecule has 0 saturated heterocycles. The molecular formula is C25H23NO3. The maximum Gasteiger partial charge on any atom is 0.192 e. The van der Waals surface area contributed by atoms with Crippen molar-refractivity contribution in [3.63, 3.8) is 0 Å². The molecule has 0 aliphatic carbocycles. The molecule has 0 saturated carbocycles. The summed E-state index contributed by atoms with van der Waals surface area (Å²) < 4.78 is 17.3. The summed E-state index contributed by atoms with van der Waals surface area (Å²) in [5.74, 6) is 2.74. The summed E-state index contributed by atoms with van der Waals surface area (Å²) in [5.41, 5.74) is 6.64. The van der Waals surface area contributed by atoms with Crippen LogP contribution < -0.4 is 9.47 Å². The Bertz CT molecular complexity index is 1190. The highest BCUT2D eigenvalue weighted by Gasteiger charge is 2.34. The van der Waals surface area contributed by atoms with Crippen LogP contribution in [0.25, 0.3) is 11.1 Å². The van der Waals surface area contributed by atoms with Crippen molar-refractivity contribution >= 4 is 11.1 Å². The number of oxazole rings is 1. The predicted octanol–water partition coefficient (Wildman–Crippen LogP) is 5.76. The smallest absolute Gasteiger partial charge is 0.192 e. The zero-order valence-electron chi connectivity index (χ0n) is 16.8. The number of nitrogens with zero attached hydrogens (tertiary/aromatic N) is 1. The first-order chi connectivity index (χ1) is 14.1. The van der Waals surface area contributed by atoms with Gasteiger partial charge in [-0.15, -0.1) is 0 Å². The monoisotopic (exact) mass is 385 g/mol. The molecule has 0 radical (unpaired) electrons. The first-order valence-electron chi connectivity index (χ1n) is 9.87. The third-order valence-corrected chi connectivity index (χ3v) is 5.72. The van der Waals surface area contributed by atoms with Crippen LogP contribution in [0.3, 0.4) is 0 Å². The molecule has 4 heteroatoms. The van der Waals surface area contributed by atoms with Crippen LogP contribution in [0.4, 0.5) is 0 Å². The first kappa shape index (κ1) is 17.8. The highest BCUT2D eigenvalue weighted by atomic mass is 16.5. The van der Waals surface area contributed by atoms with Gasteiger partial charge in [-0.1, -0.05) is 42.0 Å². The number of methoxy groups -OCH3 is 1. The number of hydrogen-bond acceptors (Lipinski definition) is 4. The van der Waals surface area contributed by atoms with Crippen molar-refractivity contribution in [2.24, 2.45) is 0 Å². The highest BCUT2D eigenvalue weighted by Crippen LogP contribution is 2.47. The molecule has 3 aromatic carbocycles. The van der Waals surface area contributed by atoms with Crippen LogP contribution in [0.1, 0.15) is 40.0 Å². The van der Waals surface area contributed by atoms with Gasteiger partial charge in [0.1, 0.15) is 17.0 Å². The van der Waals surface area contributed by atoms with Gasteiger partial charge in [0.2, 0.25) is 0 Å². The quantitative estimate of drug-likeness (QED) is 0.450. The van der Waals surface area contributed by atoms with Crippen LogP contribution in [-0.4, -0.2) is 18.7 Å². The van der Waals surface area contributed by atoms with Crippen LogP contribution in [-0.2, 0) is 0 Å². The molecule has 146 valence electrons. The standard InChI is InChI=1S/C25H23NO3/c1-15-5-4-6-17(11-15)21-14-28-24-13-19(27-3)8-9-20(24)25(21)18-7-10-23-22(12-18)26-16(2)29-23/h4-13,21,25H,14H2,1-3H3. The third-order valence-electron chi connectivity index (χ3n) is 5.72. The van der Waals surface area contributed by atoms with Gasteiger partial charge in [-0.25, -0.2) is 4.98 Å². The normalized spacial score (nSPS) is 18.3. The molecule has 0 N–H and O–H groups in total. The lowest BCUT2D eigenvalue weighted by Crippen LogP contribution is -2.25. The molecule has 4 nitrogen and oxygen atoms in total. The van der Waals surface area contributed by atoms with Crippen LogP contribution in [0.15, 0.2) is 65.1 Å². The average molecular weight is 385 g/mol. The summed E-state index contributed by atoms with van der Waals surface area (Å²) in [7, 11) is 1.68. The Labute approximate surface area is 170 Å². The molecule has 1 aliphatic rings. The molecule has 2 atom stereocenters. The maximum absolute atomic E-state index is 6.20. The van der Waals surface area contributed by atoms with E-state index in [0.717, 1.165) is 22.6 Å². The van der Waals surface area contributed by atoms with Gasteiger partial charge in [0.15, 0.2) is 11.5 Å². The summed E-state index contributed by atoms with van der Waals surface area (Å²) in [6.45, 7) is 4.63. The Morgan fingerprint density at radius 3 is 2.69 bits per heavy atom. The average Bonchev–Trinajstić information content (AvgIpc) is 3.11. The van der Waals surface area contributed by atoms with Gasteiger partial charge in [-0.3, -0.25) is 0 Å². The number of aromatic nitrogens is 1. The third kappa shape index (κ3) is 3.15. The van der Waals surface area contributed by atoms with Gasteiger partial charge in [0, 0.05) is 30.4 Å². The first-order valence-corrected chi connectivity index (χ1v) is 9.87. The van der Waals surface area contributed by atoms with Crippen molar-refractivity contribution in [1.82, 2.24) is 4.98 Å². The van der Waals surface area contributed by atoms with Gasteiger partial charge in [0.05, 0.1) is 13.7 Å². The molecule has 5 rings (SSSR count). The van der Waals surface area contributed by atoms with E-state index in [9.17, 15) is 0 Å². The van der Waals surface area contributed by atoms with E-state index in [1.807, 2.05) is 25.1 Å². The molecular weight excluding hydrogens is 362 g/mol. The van der Waals surface area contributed by atoms with Crippen molar-refractivity contribution < 1.29 is 13.9 Å². The second-order valence-electron chi connectivity index (χ2n) is 7.67. The zero-order valence-corrected chi connectivity index (χ0v) is 16.8. The van der Waals surface area contributed by atoms with E-state index in [0.29, 0.717) is 12.5 Å². The van der Waals surface area contributed by atoms with Crippen molar-refractivity contribution in [3.8, 4) is 11.5 Å². The molecule has 2 unspecified atom stereocenters. The minimum atomic E-state index is 0.160. The van der Waals surface area contributed by atoms with Gasteiger partial charge < -0.3 is 13.9 Å². The fourth-order valence-corrected chi connectivity index (χ4v) is 4.37. The molecule has 1 aromatic heterocycles. The van der Waals surface area contributed by atoms with Crippen molar-refractivity contribution in [1.29, 1.82) is 0 Å². The Morgan fingerprint density at radius 1 is 0.966 bits per heavy atom. The Hall–Kier alpha value is -3.27. The van der Waals surface area contributed by atoms with E-state index in [-0.39, 0.29) is 11.8 Å². The van der Waals surface area contributed by atoms with E-state index >= 15 is 0 Å². The summed E-state index contributed by atoms with van der Waals surface area (Å²) in [5, 5.41) is 0. The Balaban J connectivity index is 1.68. The number of ether oxygens (including phenoxy) is 2. The topological polar surface area (TPSA) is 44.5 Å². The predicted molar refractivity (Wildman–Crippen MR) is 113 cm³/mol. The lowest BCUT2D eigenvalue weighted by atomic mass is 9.75. The van der Waals surface area contributed by atoms with Crippen molar-refractivity contribution in [3.05, 3.63) is 88.8 Å². The van der Waals surface area contributed by atoms with Crippen LogP contribution in [0.2, 0.25) is 0 Å². The van der Waals surface area contributed by atoms with Gasteiger partial charge in [-0.05, 0) is 36.2 Å². The summed E-state index contributed by atoms with van der Waals surface area (Å²) >= 11 is 0. The van der Waals surface area contributed by atoms with Crippen LogP contribution in [0.5, 0.6) is 11.5 Å². The molecule has 1 aliphatic heterocycles.